The van der Waals surface area contributed by atoms with Crippen LogP contribution in [0.4, 0.5) is 21.8 Å². The molecule has 28 heavy (non-hydrogen) atoms. The number of nitrogens with one attached hydrogen (secondary N) is 2. The lowest BCUT2D eigenvalue weighted by Crippen LogP contribution is -2.30. The fourth-order valence-corrected chi connectivity index (χ4v) is 2.73. The molecule has 0 unspecified atom stereocenters. The first-order valence-electron chi connectivity index (χ1n) is 9.16. The maximum Gasteiger partial charge on any atom is 0.225 e. The number of hydrogen-bond donors (Lipinski definition) is 3. The molecule has 0 aliphatic rings. The van der Waals surface area contributed by atoms with E-state index in [1.807, 2.05) is 39.0 Å². The van der Waals surface area contributed by atoms with Crippen LogP contribution in [0.2, 0.25) is 0 Å². The largest absolute Gasteiger partial charge is 0.394 e. The van der Waals surface area contributed by atoms with Crippen LogP contribution in [0.3, 0.4) is 0 Å². The zero-order chi connectivity index (χ0) is 20.1. The number of anilines is 3. The fourth-order valence-electron chi connectivity index (χ4n) is 2.73. The van der Waals surface area contributed by atoms with E-state index in [-0.39, 0.29) is 24.4 Å². The van der Waals surface area contributed by atoms with Gasteiger partial charge < -0.3 is 15.7 Å². The molecule has 0 amide bonds. The van der Waals surface area contributed by atoms with E-state index < -0.39 is 0 Å². The van der Waals surface area contributed by atoms with Crippen LogP contribution in [0, 0.1) is 18.7 Å². The Kier molecular flexibility index (Phi) is 6.16. The van der Waals surface area contributed by atoms with Gasteiger partial charge >= 0.3 is 0 Å². The van der Waals surface area contributed by atoms with Crippen molar-refractivity contribution in [2.24, 2.45) is 5.92 Å². The summed E-state index contributed by atoms with van der Waals surface area (Å²) in [5.74, 6) is 0.876. The highest BCUT2D eigenvalue weighted by atomic mass is 19.1. The second-order valence-electron chi connectivity index (χ2n) is 6.97. The van der Waals surface area contributed by atoms with Crippen LogP contribution in [0.5, 0.6) is 0 Å². The summed E-state index contributed by atoms with van der Waals surface area (Å²) in [6, 6.07) is 9.93. The van der Waals surface area contributed by atoms with Crippen molar-refractivity contribution >= 4 is 17.5 Å². The molecule has 3 rings (SSSR count). The minimum atomic E-state index is -0.285. The number of aryl methyl sites for hydroxylation is 1. The lowest BCUT2D eigenvalue weighted by Gasteiger charge is -2.21. The lowest BCUT2D eigenvalue weighted by atomic mass is 10.1. The Bertz CT molecular complexity index is 933. The van der Waals surface area contributed by atoms with Crippen LogP contribution in [-0.4, -0.2) is 32.7 Å². The summed E-state index contributed by atoms with van der Waals surface area (Å²) in [4.78, 5) is 13.3. The average Bonchev–Trinajstić information content (AvgIpc) is 2.68. The molecule has 0 bridgehead atoms. The quantitative estimate of drug-likeness (QED) is 0.570. The van der Waals surface area contributed by atoms with Gasteiger partial charge in [0.25, 0.3) is 0 Å². The maximum absolute atomic E-state index is 13.4. The summed E-state index contributed by atoms with van der Waals surface area (Å²) >= 11 is 0. The monoisotopic (exact) mass is 381 g/mol. The van der Waals surface area contributed by atoms with Crippen molar-refractivity contribution in [2.75, 3.05) is 17.2 Å². The number of rotatable bonds is 7. The molecule has 0 aliphatic heterocycles. The first-order chi connectivity index (χ1) is 13.5. The number of aliphatic hydroxyl groups is 1. The molecule has 0 spiro atoms. The van der Waals surface area contributed by atoms with Gasteiger partial charge in [0, 0.05) is 29.7 Å². The first-order valence-corrected chi connectivity index (χ1v) is 9.16. The van der Waals surface area contributed by atoms with Gasteiger partial charge in [0.05, 0.1) is 18.3 Å². The van der Waals surface area contributed by atoms with Crippen LogP contribution in [0.15, 0.2) is 48.8 Å². The lowest BCUT2D eigenvalue weighted by molar-refractivity contribution is 0.248. The van der Waals surface area contributed by atoms with Gasteiger partial charge in [0.1, 0.15) is 11.6 Å². The Labute approximate surface area is 163 Å². The molecule has 2 heterocycles. The van der Waals surface area contributed by atoms with Crippen LogP contribution in [0.25, 0.3) is 11.3 Å². The van der Waals surface area contributed by atoms with Gasteiger partial charge in [-0.3, -0.25) is 4.98 Å². The standard InChI is InChI=1S/C21H24FN5O/c1-13(2)19(12-28)26-21-25-18(15-5-4-8-23-11-15)10-20(27-21)24-17-7-6-16(22)9-14(17)3/h4-11,13,19,28H,12H2,1-3H3,(H2,24,25,26,27)/t19-/m1/s1. The Hall–Kier alpha value is -3.06. The molecule has 1 aromatic carbocycles. The minimum absolute atomic E-state index is 0.0298. The number of hydrogen-bond acceptors (Lipinski definition) is 6. The number of halogens is 1. The highest BCUT2D eigenvalue weighted by Crippen LogP contribution is 2.25. The second kappa shape index (κ2) is 8.75. The molecular formula is C21H24FN5O. The normalized spacial score (nSPS) is 12.1. The van der Waals surface area contributed by atoms with E-state index in [0.717, 1.165) is 16.8 Å². The zero-order valence-electron chi connectivity index (χ0n) is 16.1. The molecule has 0 aliphatic carbocycles. The van der Waals surface area contributed by atoms with Gasteiger partial charge in [0.2, 0.25) is 5.95 Å². The molecule has 0 saturated carbocycles. The first kappa shape index (κ1) is 19.7. The van der Waals surface area contributed by atoms with Crippen LogP contribution in [-0.2, 0) is 0 Å². The van der Waals surface area contributed by atoms with E-state index in [1.54, 1.807) is 18.5 Å². The van der Waals surface area contributed by atoms with Crippen molar-refractivity contribution in [2.45, 2.75) is 26.8 Å². The van der Waals surface area contributed by atoms with Crippen molar-refractivity contribution in [1.29, 1.82) is 0 Å². The Morgan fingerprint density at radius 2 is 1.96 bits per heavy atom. The molecule has 146 valence electrons. The zero-order valence-corrected chi connectivity index (χ0v) is 16.1. The van der Waals surface area contributed by atoms with Crippen LogP contribution < -0.4 is 10.6 Å². The highest BCUT2D eigenvalue weighted by Gasteiger charge is 2.15. The van der Waals surface area contributed by atoms with E-state index in [2.05, 4.69) is 25.6 Å². The molecule has 6 nitrogen and oxygen atoms in total. The predicted octanol–water partition coefficient (Wildman–Crippen LogP) is 4.16. The molecule has 0 radical (unpaired) electrons. The second-order valence-corrected chi connectivity index (χ2v) is 6.97. The Balaban J connectivity index is 1.99. The molecular weight excluding hydrogens is 357 g/mol. The van der Waals surface area contributed by atoms with Gasteiger partial charge in [-0.1, -0.05) is 13.8 Å². The third-order valence-electron chi connectivity index (χ3n) is 4.45. The molecule has 0 fully saturated rings. The minimum Gasteiger partial charge on any atom is -0.394 e. The molecule has 3 aromatic rings. The van der Waals surface area contributed by atoms with E-state index in [9.17, 15) is 9.50 Å². The van der Waals surface area contributed by atoms with E-state index >= 15 is 0 Å². The van der Waals surface area contributed by atoms with Gasteiger partial charge in [-0.25, -0.2) is 9.37 Å². The highest BCUT2D eigenvalue weighted by molar-refractivity contribution is 5.68. The topological polar surface area (TPSA) is 83.0 Å². The molecule has 0 saturated heterocycles. The van der Waals surface area contributed by atoms with E-state index in [4.69, 9.17) is 0 Å². The number of aromatic nitrogens is 3. The third-order valence-corrected chi connectivity index (χ3v) is 4.45. The maximum atomic E-state index is 13.4. The van der Waals surface area contributed by atoms with Crippen molar-refractivity contribution in [3.8, 4) is 11.3 Å². The van der Waals surface area contributed by atoms with Crippen LogP contribution in [0.1, 0.15) is 19.4 Å². The molecule has 1 atom stereocenters. The van der Waals surface area contributed by atoms with Crippen LogP contribution >= 0.6 is 0 Å². The average molecular weight is 381 g/mol. The summed E-state index contributed by atoms with van der Waals surface area (Å²) in [7, 11) is 0. The summed E-state index contributed by atoms with van der Waals surface area (Å²) in [5, 5.41) is 16.1. The van der Waals surface area contributed by atoms with Crippen molar-refractivity contribution < 1.29 is 9.50 Å². The summed E-state index contributed by atoms with van der Waals surface area (Å²) < 4.78 is 13.4. The summed E-state index contributed by atoms with van der Waals surface area (Å²) in [6.07, 6.45) is 3.43. The van der Waals surface area contributed by atoms with Crippen molar-refractivity contribution in [1.82, 2.24) is 15.0 Å². The van der Waals surface area contributed by atoms with Gasteiger partial charge in [0.15, 0.2) is 0 Å². The summed E-state index contributed by atoms with van der Waals surface area (Å²) in [5.41, 5.74) is 3.06. The fraction of sp³-hybridized carbons (Fsp3) is 0.286. The van der Waals surface area contributed by atoms with Crippen molar-refractivity contribution in [3.05, 3.63) is 60.2 Å². The number of aliphatic hydroxyl groups excluding tert-OH is 1. The van der Waals surface area contributed by atoms with E-state index in [0.29, 0.717) is 17.5 Å². The van der Waals surface area contributed by atoms with Gasteiger partial charge in [-0.2, -0.15) is 4.98 Å². The van der Waals surface area contributed by atoms with Crippen molar-refractivity contribution in [3.63, 3.8) is 0 Å². The molecule has 7 heteroatoms. The number of nitrogens with zero attached hydrogens (tertiary/aromatic N) is 3. The van der Waals surface area contributed by atoms with E-state index in [1.165, 1.54) is 12.1 Å². The third kappa shape index (κ3) is 4.80. The smallest absolute Gasteiger partial charge is 0.225 e. The predicted molar refractivity (Wildman–Crippen MR) is 109 cm³/mol. The summed E-state index contributed by atoms with van der Waals surface area (Å²) in [6.45, 7) is 5.83. The van der Waals surface area contributed by atoms with Gasteiger partial charge in [-0.15, -0.1) is 0 Å². The molecule has 3 N–H and O–H groups in total. The Morgan fingerprint density at radius 1 is 1.14 bits per heavy atom. The molecule has 2 aromatic heterocycles. The SMILES string of the molecule is Cc1cc(F)ccc1Nc1cc(-c2cccnc2)nc(N[C@H](CO)C(C)C)n1. The van der Waals surface area contributed by atoms with Gasteiger partial charge in [-0.05, 0) is 48.7 Å². The Morgan fingerprint density at radius 3 is 2.61 bits per heavy atom. The number of pyridine rings is 1. The number of benzene rings is 1.